The Morgan fingerprint density at radius 1 is 1.10 bits per heavy atom. The van der Waals surface area contributed by atoms with Gasteiger partial charge in [-0.2, -0.15) is 0 Å². The monoisotopic (exact) mass is 417 g/mol. The Bertz CT molecular complexity index is 1310. The largest absolute Gasteiger partial charge is 0.443 e. The van der Waals surface area contributed by atoms with Crippen molar-refractivity contribution in [1.29, 1.82) is 0 Å². The number of nitrogens with zero attached hydrogens (tertiary/aromatic N) is 5. The predicted molar refractivity (Wildman–Crippen MR) is 114 cm³/mol. The predicted octanol–water partition coefficient (Wildman–Crippen LogP) is 1.87. The van der Waals surface area contributed by atoms with Crippen LogP contribution in [0, 0.1) is 0 Å². The van der Waals surface area contributed by atoms with Crippen molar-refractivity contribution < 1.29 is 9.21 Å². The van der Waals surface area contributed by atoms with Gasteiger partial charge in [-0.1, -0.05) is 6.07 Å². The number of hydrogen-bond acceptors (Lipinski definition) is 9. The van der Waals surface area contributed by atoms with Crippen LogP contribution in [0.4, 0.5) is 11.6 Å². The standard InChI is InChI=1S/C21H19N7O3/c1-28-11-12(5-8-16(28)30)17-19(21-24-9-10-31-21)27-20(23)18(26-17)14(29)7-6-13-3-2-4-15(22)25-13/h2-5,8-11H,6-7H2,1H3,(H2,22,25)(H2,23,27). The Morgan fingerprint density at radius 2 is 1.94 bits per heavy atom. The molecule has 0 aliphatic heterocycles. The van der Waals surface area contributed by atoms with Crippen LogP contribution in [0.5, 0.6) is 0 Å². The van der Waals surface area contributed by atoms with Gasteiger partial charge in [0.15, 0.2) is 17.3 Å². The van der Waals surface area contributed by atoms with Gasteiger partial charge >= 0.3 is 0 Å². The highest BCUT2D eigenvalue weighted by atomic mass is 16.3. The number of aromatic nitrogens is 5. The Kier molecular flexibility index (Phi) is 5.27. The number of anilines is 2. The van der Waals surface area contributed by atoms with E-state index < -0.39 is 0 Å². The van der Waals surface area contributed by atoms with Gasteiger partial charge in [-0.25, -0.2) is 19.9 Å². The lowest BCUT2D eigenvalue weighted by atomic mass is 10.1. The van der Waals surface area contributed by atoms with Crippen molar-refractivity contribution in [1.82, 2.24) is 24.5 Å². The second kappa shape index (κ2) is 8.19. The zero-order chi connectivity index (χ0) is 22.0. The van der Waals surface area contributed by atoms with Crippen LogP contribution in [-0.4, -0.2) is 30.3 Å². The maximum atomic E-state index is 12.9. The van der Waals surface area contributed by atoms with Gasteiger partial charge in [-0.15, -0.1) is 0 Å². The fourth-order valence-corrected chi connectivity index (χ4v) is 3.08. The molecule has 0 radical (unpaired) electrons. The number of hydrogen-bond donors (Lipinski definition) is 2. The molecule has 4 aromatic rings. The highest BCUT2D eigenvalue weighted by molar-refractivity contribution is 5.99. The molecule has 10 nitrogen and oxygen atoms in total. The first kappa shape index (κ1) is 20.0. The fraction of sp³-hybridized carbons (Fsp3) is 0.143. The molecule has 4 N–H and O–H groups in total. The summed E-state index contributed by atoms with van der Waals surface area (Å²) in [6, 6.07) is 8.24. The van der Waals surface area contributed by atoms with Gasteiger partial charge in [-0.05, 0) is 24.6 Å². The topological polar surface area (TPSA) is 156 Å². The van der Waals surface area contributed by atoms with Crippen LogP contribution < -0.4 is 17.0 Å². The maximum Gasteiger partial charge on any atom is 0.250 e. The Hall–Kier alpha value is -4.34. The maximum absolute atomic E-state index is 12.9. The van der Waals surface area contributed by atoms with E-state index in [1.165, 1.54) is 23.1 Å². The summed E-state index contributed by atoms with van der Waals surface area (Å²) in [5, 5.41) is 0. The molecule has 0 spiro atoms. The second-order valence-electron chi connectivity index (χ2n) is 6.84. The SMILES string of the molecule is Cn1cc(-c2nc(C(=O)CCc3cccc(N)n3)c(N)nc2-c2ncco2)ccc1=O. The number of carbonyl (C=O) groups excluding carboxylic acids is 1. The van der Waals surface area contributed by atoms with Crippen molar-refractivity contribution in [2.75, 3.05) is 11.5 Å². The van der Waals surface area contributed by atoms with Crippen molar-refractivity contribution in [3.05, 3.63) is 70.7 Å². The first-order valence-corrected chi connectivity index (χ1v) is 9.41. The van der Waals surface area contributed by atoms with Crippen molar-refractivity contribution in [2.24, 2.45) is 7.05 Å². The summed E-state index contributed by atoms with van der Waals surface area (Å²) in [7, 11) is 1.62. The average molecular weight is 417 g/mol. The molecule has 0 aliphatic rings. The summed E-state index contributed by atoms with van der Waals surface area (Å²) in [6.07, 6.45) is 4.96. The molecular formula is C21H19N7O3. The number of rotatable bonds is 6. The number of carbonyl (C=O) groups is 1. The Balaban J connectivity index is 1.74. The molecular weight excluding hydrogens is 398 g/mol. The fourth-order valence-electron chi connectivity index (χ4n) is 3.08. The number of nitrogen functional groups attached to an aromatic ring is 2. The van der Waals surface area contributed by atoms with E-state index in [1.54, 1.807) is 37.5 Å². The molecule has 0 aromatic carbocycles. The Labute approximate surface area is 176 Å². The molecule has 4 heterocycles. The Morgan fingerprint density at radius 3 is 2.65 bits per heavy atom. The van der Waals surface area contributed by atoms with Gasteiger partial charge in [0.05, 0.1) is 6.20 Å². The number of pyridine rings is 2. The van der Waals surface area contributed by atoms with Crippen LogP contribution in [0.25, 0.3) is 22.8 Å². The minimum Gasteiger partial charge on any atom is -0.443 e. The molecule has 0 amide bonds. The van der Waals surface area contributed by atoms with Crippen molar-refractivity contribution >= 4 is 17.4 Å². The minimum atomic E-state index is -0.292. The molecule has 0 unspecified atom stereocenters. The number of aryl methyl sites for hydroxylation is 2. The number of ketones is 1. The third kappa shape index (κ3) is 4.17. The normalized spacial score (nSPS) is 10.9. The first-order chi connectivity index (χ1) is 14.9. The van der Waals surface area contributed by atoms with Crippen molar-refractivity contribution in [3.63, 3.8) is 0 Å². The average Bonchev–Trinajstić information content (AvgIpc) is 3.29. The van der Waals surface area contributed by atoms with E-state index in [0.29, 0.717) is 29.2 Å². The van der Waals surface area contributed by atoms with Crippen LogP contribution >= 0.6 is 0 Å². The molecule has 0 fully saturated rings. The molecule has 4 aromatic heterocycles. The first-order valence-electron chi connectivity index (χ1n) is 9.41. The van der Waals surface area contributed by atoms with Crippen LogP contribution in [0.15, 0.2) is 58.2 Å². The van der Waals surface area contributed by atoms with Gasteiger partial charge < -0.3 is 20.5 Å². The third-order valence-electron chi connectivity index (χ3n) is 4.62. The number of Topliss-reactive ketones (excluding diaryl/α,β-unsaturated/α-hetero) is 1. The van der Waals surface area contributed by atoms with E-state index in [1.807, 2.05) is 0 Å². The summed E-state index contributed by atoms with van der Waals surface area (Å²) >= 11 is 0. The highest BCUT2D eigenvalue weighted by Gasteiger charge is 2.22. The third-order valence-corrected chi connectivity index (χ3v) is 4.62. The van der Waals surface area contributed by atoms with Gasteiger partial charge in [0.1, 0.15) is 23.5 Å². The smallest absolute Gasteiger partial charge is 0.250 e. The molecule has 0 aliphatic carbocycles. The zero-order valence-corrected chi connectivity index (χ0v) is 16.6. The zero-order valence-electron chi connectivity index (χ0n) is 16.6. The van der Waals surface area contributed by atoms with Gasteiger partial charge in [0.2, 0.25) is 11.4 Å². The van der Waals surface area contributed by atoms with E-state index in [9.17, 15) is 9.59 Å². The molecule has 10 heteroatoms. The van der Waals surface area contributed by atoms with Crippen LogP contribution in [-0.2, 0) is 13.5 Å². The number of oxazole rings is 1. The second-order valence-corrected chi connectivity index (χ2v) is 6.84. The molecule has 0 bridgehead atoms. The summed E-state index contributed by atoms with van der Waals surface area (Å²) in [4.78, 5) is 41.8. The summed E-state index contributed by atoms with van der Waals surface area (Å²) in [5.41, 5.74) is 13.5. The molecule has 31 heavy (non-hydrogen) atoms. The quantitative estimate of drug-likeness (QED) is 0.447. The molecule has 4 rings (SSSR count). The van der Waals surface area contributed by atoms with Crippen LogP contribution in [0.1, 0.15) is 22.6 Å². The lowest BCUT2D eigenvalue weighted by molar-refractivity contribution is 0.0978. The van der Waals surface area contributed by atoms with Gasteiger partial charge in [0, 0.05) is 37.0 Å². The van der Waals surface area contributed by atoms with Crippen LogP contribution in [0.2, 0.25) is 0 Å². The highest BCUT2D eigenvalue weighted by Crippen LogP contribution is 2.29. The molecule has 0 saturated heterocycles. The van der Waals surface area contributed by atoms with Crippen LogP contribution in [0.3, 0.4) is 0 Å². The van der Waals surface area contributed by atoms with E-state index in [2.05, 4.69) is 19.9 Å². The molecule has 0 saturated carbocycles. The van der Waals surface area contributed by atoms with E-state index >= 15 is 0 Å². The van der Waals surface area contributed by atoms with E-state index in [4.69, 9.17) is 15.9 Å². The van der Waals surface area contributed by atoms with E-state index in [0.717, 1.165) is 0 Å². The molecule has 156 valence electrons. The van der Waals surface area contributed by atoms with Gasteiger partial charge in [0.25, 0.3) is 0 Å². The summed E-state index contributed by atoms with van der Waals surface area (Å²) < 4.78 is 6.77. The van der Waals surface area contributed by atoms with Gasteiger partial charge in [-0.3, -0.25) is 9.59 Å². The lowest BCUT2D eigenvalue weighted by Gasteiger charge is -2.11. The van der Waals surface area contributed by atoms with E-state index in [-0.39, 0.29) is 40.9 Å². The minimum absolute atomic E-state index is 0.0306. The number of nitrogens with two attached hydrogens (primary N) is 2. The lowest BCUT2D eigenvalue weighted by Crippen LogP contribution is -2.15. The van der Waals surface area contributed by atoms with Crippen molar-refractivity contribution in [2.45, 2.75) is 12.8 Å². The summed E-state index contributed by atoms with van der Waals surface area (Å²) in [6.45, 7) is 0. The summed E-state index contributed by atoms with van der Waals surface area (Å²) in [5.74, 6) is 0.258. The molecule has 0 atom stereocenters. The van der Waals surface area contributed by atoms with Crippen molar-refractivity contribution in [3.8, 4) is 22.8 Å².